The number of para-hydroxylation sites is 1. The minimum absolute atomic E-state index is 0.250. The fourth-order valence-electron chi connectivity index (χ4n) is 2.43. The number of hydrogen-bond donors (Lipinski definition) is 0. The van der Waals surface area contributed by atoms with Gasteiger partial charge in [0.05, 0.1) is 7.11 Å². The van der Waals surface area contributed by atoms with Crippen LogP contribution in [0.2, 0.25) is 0 Å². The second-order valence-corrected chi connectivity index (χ2v) is 4.15. The quantitative estimate of drug-likeness (QED) is 0.708. The van der Waals surface area contributed by atoms with Gasteiger partial charge < -0.3 is 9.53 Å². The van der Waals surface area contributed by atoms with Crippen molar-refractivity contribution in [3.8, 4) is 5.75 Å². The molecule has 0 amide bonds. The molecule has 2 nitrogen and oxygen atoms in total. The van der Waals surface area contributed by atoms with Gasteiger partial charge in [0.25, 0.3) is 0 Å². The number of rotatable bonds is 3. The van der Waals surface area contributed by atoms with Crippen molar-refractivity contribution in [3.05, 3.63) is 29.8 Å². The SMILES string of the molecule is COc1ccccc1[C@H]1CC[C@@H](C=O)C1. The molecule has 1 aliphatic carbocycles. The molecule has 0 spiro atoms. The highest BCUT2D eigenvalue weighted by atomic mass is 16.5. The molecule has 2 rings (SSSR count). The van der Waals surface area contributed by atoms with E-state index >= 15 is 0 Å². The van der Waals surface area contributed by atoms with Gasteiger partial charge in [-0.2, -0.15) is 0 Å². The zero-order valence-electron chi connectivity index (χ0n) is 8.98. The molecule has 1 aromatic carbocycles. The molecule has 0 bridgehead atoms. The second-order valence-electron chi connectivity index (χ2n) is 4.15. The maximum Gasteiger partial charge on any atom is 0.123 e. The van der Waals surface area contributed by atoms with Crippen molar-refractivity contribution in [2.45, 2.75) is 25.2 Å². The molecular formula is C13H16O2. The van der Waals surface area contributed by atoms with Crippen molar-refractivity contribution >= 4 is 6.29 Å². The van der Waals surface area contributed by atoms with Crippen LogP contribution in [0.4, 0.5) is 0 Å². The summed E-state index contributed by atoms with van der Waals surface area (Å²) < 4.78 is 5.34. The first-order valence-corrected chi connectivity index (χ1v) is 5.43. The molecule has 0 aromatic heterocycles. The lowest BCUT2D eigenvalue weighted by molar-refractivity contribution is -0.110. The third kappa shape index (κ3) is 2.04. The van der Waals surface area contributed by atoms with Gasteiger partial charge in [0.2, 0.25) is 0 Å². The maximum absolute atomic E-state index is 10.7. The van der Waals surface area contributed by atoms with Crippen LogP contribution in [0.15, 0.2) is 24.3 Å². The summed E-state index contributed by atoms with van der Waals surface area (Å²) in [5.74, 6) is 1.70. The predicted octanol–water partition coefficient (Wildman–Crippen LogP) is 2.78. The first-order valence-electron chi connectivity index (χ1n) is 5.43. The number of methoxy groups -OCH3 is 1. The summed E-state index contributed by atoms with van der Waals surface area (Å²) in [7, 11) is 1.70. The monoisotopic (exact) mass is 204 g/mol. The van der Waals surface area contributed by atoms with Crippen molar-refractivity contribution in [1.29, 1.82) is 0 Å². The van der Waals surface area contributed by atoms with Gasteiger partial charge in [-0.1, -0.05) is 18.2 Å². The number of hydrogen-bond acceptors (Lipinski definition) is 2. The summed E-state index contributed by atoms with van der Waals surface area (Å²) in [6, 6.07) is 8.11. The van der Waals surface area contributed by atoms with Crippen LogP contribution in [0, 0.1) is 5.92 Å². The lowest BCUT2D eigenvalue weighted by Crippen LogP contribution is -1.99. The van der Waals surface area contributed by atoms with Crippen LogP contribution in [0.25, 0.3) is 0 Å². The first-order chi connectivity index (χ1) is 7.35. The highest BCUT2D eigenvalue weighted by Crippen LogP contribution is 2.40. The largest absolute Gasteiger partial charge is 0.496 e. The maximum atomic E-state index is 10.7. The molecule has 2 atom stereocenters. The van der Waals surface area contributed by atoms with Crippen molar-refractivity contribution in [1.82, 2.24) is 0 Å². The average Bonchev–Trinajstić information content (AvgIpc) is 2.77. The fraction of sp³-hybridized carbons (Fsp3) is 0.462. The van der Waals surface area contributed by atoms with E-state index < -0.39 is 0 Å². The Labute approximate surface area is 90.3 Å². The normalized spacial score (nSPS) is 25.1. The van der Waals surface area contributed by atoms with E-state index in [9.17, 15) is 4.79 Å². The Morgan fingerprint density at radius 2 is 2.13 bits per heavy atom. The second kappa shape index (κ2) is 4.47. The summed E-state index contributed by atoms with van der Waals surface area (Å²) in [4.78, 5) is 10.7. The van der Waals surface area contributed by atoms with Crippen LogP contribution >= 0.6 is 0 Å². The Kier molecular flexibility index (Phi) is 3.05. The van der Waals surface area contributed by atoms with Crippen LogP contribution < -0.4 is 4.74 Å². The minimum Gasteiger partial charge on any atom is -0.496 e. The van der Waals surface area contributed by atoms with Gasteiger partial charge in [-0.05, 0) is 36.8 Å². The zero-order valence-corrected chi connectivity index (χ0v) is 8.98. The number of benzene rings is 1. The van der Waals surface area contributed by atoms with E-state index in [1.165, 1.54) is 5.56 Å². The summed E-state index contributed by atoms with van der Waals surface area (Å²) in [5.41, 5.74) is 1.25. The van der Waals surface area contributed by atoms with Gasteiger partial charge in [0.15, 0.2) is 0 Å². The highest BCUT2D eigenvalue weighted by molar-refractivity contribution is 5.54. The Bertz CT molecular complexity index is 346. The molecule has 0 radical (unpaired) electrons. The van der Waals surface area contributed by atoms with Crippen LogP contribution in [-0.4, -0.2) is 13.4 Å². The Morgan fingerprint density at radius 3 is 2.80 bits per heavy atom. The molecular weight excluding hydrogens is 188 g/mol. The van der Waals surface area contributed by atoms with Gasteiger partial charge in [-0.15, -0.1) is 0 Å². The van der Waals surface area contributed by atoms with E-state index in [2.05, 4.69) is 6.07 Å². The van der Waals surface area contributed by atoms with Crippen LogP contribution in [0.3, 0.4) is 0 Å². The molecule has 0 saturated heterocycles. The van der Waals surface area contributed by atoms with Gasteiger partial charge in [0, 0.05) is 5.92 Å². The van der Waals surface area contributed by atoms with Gasteiger partial charge in [-0.25, -0.2) is 0 Å². The standard InChI is InChI=1S/C13H16O2/c1-15-13-5-3-2-4-12(13)11-7-6-10(8-11)9-14/h2-5,9-11H,6-8H2,1H3/t10-,11+/m1/s1. The summed E-state index contributed by atoms with van der Waals surface area (Å²) in [5, 5.41) is 0. The predicted molar refractivity (Wildman–Crippen MR) is 59.1 cm³/mol. The average molecular weight is 204 g/mol. The molecule has 1 fully saturated rings. The number of aldehydes is 1. The molecule has 0 heterocycles. The van der Waals surface area contributed by atoms with Crippen molar-refractivity contribution in [3.63, 3.8) is 0 Å². The third-order valence-corrected chi connectivity index (χ3v) is 3.24. The number of carbonyl (C=O) groups excluding carboxylic acids is 1. The number of carbonyl (C=O) groups is 1. The van der Waals surface area contributed by atoms with Gasteiger partial charge >= 0.3 is 0 Å². The van der Waals surface area contributed by atoms with Crippen LogP contribution in [-0.2, 0) is 4.79 Å². The van der Waals surface area contributed by atoms with Gasteiger partial charge in [-0.3, -0.25) is 0 Å². The van der Waals surface area contributed by atoms with E-state index in [0.717, 1.165) is 31.3 Å². The highest BCUT2D eigenvalue weighted by Gasteiger charge is 2.27. The smallest absolute Gasteiger partial charge is 0.123 e. The Balaban J connectivity index is 2.19. The lowest BCUT2D eigenvalue weighted by atomic mass is 9.96. The van der Waals surface area contributed by atoms with Crippen molar-refractivity contribution in [2.75, 3.05) is 7.11 Å². The molecule has 15 heavy (non-hydrogen) atoms. The van der Waals surface area contributed by atoms with Crippen LogP contribution in [0.5, 0.6) is 5.75 Å². The molecule has 1 aromatic rings. The van der Waals surface area contributed by atoms with E-state index in [1.807, 2.05) is 18.2 Å². The number of ether oxygens (including phenoxy) is 1. The third-order valence-electron chi connectivity index (χ3n) is 3.24. The topological polar surface area (TPSA) is 26.3 Å². The van der Waals surface area contributed by atoms with Gasteiger partial charge in [0.1, 0.15) is 12.0 Å². The summed E-state index contributed by atoms with van der Waals surface area (Å²) >= 11 is 0. The van der Waals surface area contributed by atoms with E-state index in [1.54, 1.807) is 7.11 Å². The van der Waals surface area contributed by atoms with Crippen molar-refractivity contribution < 1.29 is 9.53 Å². The Hall–Kier alpha value is -1.31. The summed E-state index contributed by atoms with van der Waals surface area (Å²) in [6.45, 7) is 0. The van der Waals surface area contributed by atoms with E-state index in [0.29, 0.717) is 5.92 Å². The Morgan fingerprint density at radius 1 is 1.33 bits per heavy atom. The zero-order chi connectivity index (χ0) is 10.7. The molecule has 1 aliphatic rings. The summed E-state index contributed by atoms with van der Waals surface area (Å²) in [6.07, 6.45) is 4.19. The van der Waals surface area contributed by atoms with Crippen molar-refractivity contribution in [2.24, 2.45) is 5.92 Å². The fourth-order valence-corrected chi connectivity index (χ4v) is 2.43. The molecule has 0 aliphatic heterocycles. The molecule has 80 valence electrons. The molecule has 0 N–H and O–H groups in total. The molecule has 2 heteroatoms. The molecule has 0 unspecified atom stereocenters. The lowest BCUT2D eigenvalue weighted by Gasteiger charge is -2.13. The first kappa shape index (κ1) is 10.2. The van der Waals surface area contributed by atoms with Crippen LogP contribution in [0.1, 0.15) is 30.7 Å². The van der Waals surface area contributed by atoms with E-state index in [4.69, 9.17) is 4.74 Å². The minimum atomic E-state index is 0.250. The molecule has 1 saturated carbocycles. The van der Waals surface area contributed by atoms with E-state index in [-0.39, 0.29) is 5.92 Å².